The van der Waals surface area contributed by atoms with Crippen LogP contribution in [0.1, 0.15) is 53.4 Å². The minimum absolute atomic E-state index is 0.140. The number of ether oxygens (including phenoxy) is 2. The first kappa shape index (κ1) is 16.7. The van der Waals surface area contributed by atoms with E-state index in [9.17, 15) is 18.4 Å². The molecule has 0 spiro atoms. The van der Waals surface area contributed by atoms with Gasteiger partial charge in [-0.05, 0) is 27.2 Å². The van der Waals surface area contributed by atoms with Crippen LogP contribution < -0.4 is 5.32 Å². The van der Waals surface area contributed by atoms with Gasteiger partial charge in [0.1, 0.15) is 5.60 Å². The number of carbonyl (C=O) groups is 2. The highest BCUT2D eigenvalue weighted by Gasteiger charge is 2.49. The van der Waals surface area contributed by atoms with E-state index in [0.717, 1.165) is 6.92 Å². The first-order chi connectivity index (χ1) is 8.93. The number of alkyl carbamates (subject to hydrolysis) is 1. The van der Waals surface area contributed by atoms with Crippen molar-refractivity contribution in [3.63, 3.8) is 0 Å². The molecule has 0 aromatic rings. The van der Waals surface area contributed by atoms with Crippen molar-refractivity contribution in [2.24, 2.45) is 0 Å². The first-order valence-electron chi connectivity index (χ1n) is 6.52. The number of hydrogen-bond acceptors (Lipinski definition) is 4. The lowest BCUT2D eigenvalue weighted by Gasteiger charge is -2.40. The molecule has 0 unspecified atom stereocenters. The van der Waals surface area contributed by atoms with Gasteiger partial charge in [-0.25, -0.2) is 13.6 Å². The summed E-state index contributed by atoms with van der Waals surface area (Å²) in [6.07, 6.45) is -1.61. The molecule has 116 valence electrons. The van der Waals surface area contributed by atoms with Crippen LogP contribution in [-0.4, -0.2) is 29.3 Å². The molecule has 0 aromatic heterocycles. The second-order valence-electron chi connectivity index (χ2n) is 6.10. The van der Waals surface area contributed by atoms with Gasteiger partial charge in [0.2, 0.25) is 0 Å². The Bertz CT molecular complexity index is 392. The predicted molar refractivity (Wildman–Crippen MR) is 67.3 cm³/mol. The predicted octanol–water partition coefficient (Wildman–Crippen LogP) is 2.98. The summed E-state index contributed by atoms with van der Waals surface area (Å²) in [5, 5.41) is 2.29. The van der Waals surface area contributed by atoms with Crippen molar-refractivity contribution < 1.29 is 27.8 Å². The largest absolute Gasteiger partial charge is 0.444 e. The number of nitrogens with one attached hydrogen (secondary N) is 1. The van der Waals surface area contributed by atoms with Gasteiger partial charge >= 0.3 is 12.1 Å². The molecule has 0 aliphatic heterocycles. The van der Waals surface area contributed by atoms with Gasteiger partial charge in [0, 0.05) is 19.8 Å². The van der Waals surface area contributed by atoms with Crippen LogP contribution in [0.4, 0.5) is 13.6 Å². The smallest absolute Gasteiger partial charge is 0.410 e. The van der Waals surface area contributed by atoms with E-state index < -0.39 is 35.7 Å². The Morgan fingerprint density at radius 2 is 1.80 bits per heavy atom. The zero-order valence-corrected chi connectivity index (χ0v) is 12.2. The number of alkyl halides is 2. The van der Waals surface area contributed by atoms with Crippen molar-refractivity contribution in [2.75, 3.05) is 0 Å². The highest BCUT2D eigenvalue weighted by Crippen LogP contribution is 2.40. The fraction of sp³-hybridized carbons (Fsp3) is 0.846. The average molecular weight is 293 g/mol. The Balaban J connectivity index is 2.84. The quantitative estimate of drug-likeness (QED) is 0.628. The minimum Gasteiger partial charge on any atom is -0.444 e. The van der Waals surface area contributed by atoms with Crippen LogP contribution in [0.15, 0.2) is 0 Å². The third-order valence-corrected chi connectivity index (χ3v) is 2.74. The normalized spacial score (nSPS) is 25.7. The molecule has 0 aromatic carbocycles. The highest BCUT2D eigenvalue weighted by atomic mass is 19.3. The monoisotopic (exact) mass is 293 g/mol. The van der Waals surface area contributed by atoms with Crippen LogP contribution in [0, 0.1) is 0 Å². The summed E-state index contributed by atoms with van der Waals surface area (Å²) in [6.45, 7) is 6.08. The average Bonchev–Trinajstić information content (AvgIpc) is 2.08. The number of rotatable bonds is 2. The molecular formula is C13H21F2NO4. The van der Waals surface area contributed by atoms with Crippen LogP contribution in [0.25, 0.3) is 0 Å². The van der Waals surface area contributed by atoms with Gasteiger partial charge in [0.25, 0.3) is 5.92 Å². The second-order valence-corrected chi connectivity index (χ2v) is 6.10. The van der Waals surface area contributed by atoms with Crippen LogP contribution >= 0.6 is 0 Å². The second kappa shape index (κ2) is 5.54. The summed E-state index contributed by atoms with van der Waals surface area (Å²) in [5.41, 5.74) is -2.46. The molecule has 0 radical (unpaired) electrons. The number of esters is 1. The van der Waals surface area contributed by atoms with Crippen molar-refractivity contribution in [3.05, 3.63) is 0 Å². The maximum absolute atomic E-state index is 13.6. The van der Waals surface area contributed by atoms with E-state index in [1.807, 2.05) is 0 Å². The van der Waals surface area contributed by atoms with Crippen molar-refractivity contribution >= 4 is 12.1 Å². The van der Waals surface area contributed by atoms with E-state index in [1.165, 1.54) is 0 Å². The zero-order chi connectivity index (χ0) is 15.6. The number of carbonyl (C=O) groups excluding carboxylic acids is 2. The van der Waals surface area contributed by atoms with E-state index in [0.29, 0.717) is 0 Å². The van der Waals surface area contributed by atoms with Gasteiger partial charge in [-0.3, -0.25) is 10.1 Å². The van der Waals surface area contributed by atoms with Crippen molar-refractivity contribution in [2.45, 2.75) is 70.6 Å². The maximum atomic E-state index is 13.6. The maximum Gasteiger partial charge on any atom is 0.410 e. The lowest BCUT2D eigenvalue weighted by Crippen LogP contribution is -2.57. The molecule has 1 fully saturated rings. The molecular weight excluding hydrogens is 272 g/mol. The van der Waals surface area contributed by atoms with Crippen molar-refractivity contribution in [1.29, 1.82) is 0 Å². The van der Waals surface area contributed by atoms with E-state index in [-0.39, 0.29) is 19.3 Å². The summed E-state index contributed by atoms with van der Waals surface area (Å²) < 4.78 is 37.1. The third-order valence-electron chi connectivity index (χ3n) is 2.74. The Labute approximate surface area is 117 Å². The molecule has 7 heteroatoms. The van der Waals surface area contributed by atoms with Crippen LogP contribution in [0.3, 0.4) is 0 Å². The molecule has 1 atom stereocenters. The molecule has 1 rings (SSSR count). The van der Waals surface area contributed by atoms with E-state index >= 15 is 0 Å². The van der Waals surface area contributed by atoms with Gasteiger partial charge in [-0.15, -0.1) is 0 Å². The molecule has 1 saturated carbocycles. The fourth-order valence-electron chi connectivity index (χ4n) is 2.21. The number of amides is 1. The molecule has 20 heavy (non-hydrogen) atoms. The lowest BCUT2D eigenvalue weighted by molar-refractivity contribution is -0.183. The Kier molecular flexibility index (Phi) is 4.61. The molecule has 0 saturated heterocycles. The van der Waals surface area contributed by atoms with Gasteiger partial charge in [-0.2, -0.15) is 0 Å². The molecule has 1 N–H and O–H groups in total. The van der Waals surface area contributed by atoms with Crippen molar-refractivity contribution in [1.82, 2.24) is 5.32 Å². The topological polar surface area (TPSA) is 64.6 Å². The molecule has 1 aliphatic rings. The minimum atomic E-state index is -2.98. The standard InChI is InChI=1S/C13H21F2NO4/c1-9(17)19-13(7-5-6-12(14,15)8-13)16-10(18)20-11(2,3)4/h5-8H2,1-4H3,(H,16,18)/t13-/m0/s1. The van der Waals surface area contributed by atoms with Crippen LogP contribution in [0.2, 0.25) is 0 Å². The highest BCUT2D eigenvalue weighted by molar-refractivity contribution is 5.70. The molecule has 0 bridgehead atoms. The van der Waals surface area contributed by atoms with Gasteiger partial charge < -0.3 is 9.47 Å². The summed E-state index contributed by atoms with van der Waals surface area (Å²) in [6, 6.07) is 0. The number of halogens is 2. The zero-order valence-electron chi connectivity index (χ0n) is 12.2. The Morgan fingerprint density at radius 3 is 2.25 bits per heavy atom. The molecule has 0 heterocycles. The summed E-state index contributed by atoms with van der Waals surface area (Å²) >= 11 is 0. The van der Waals surface area contributed by atoms with Gasteiger partial charge in [-0.1, -0.05) is 0 Å². The van der Waals surface area contributed by atoms with Crippen LogP contribution in [0.5, 0.6) is 0 Å². The molecule has 5 nitrogen and oxygen atoms in total. The van der Waals surface area contributed by atoms with E-state index in [2.05, 4.69) is 5.32 Å². The Hall–Kier alpha value is -1.40. The van der Waals surface area contributed by atoms with Gasteiger partial charge in [0.15, 0.2) is 5.72 Å². The van der Waals surface area contributed by atoms with E-state index in [1.54, 1.807) is 20.8 Å². The van der Waals surface area contributed by atoms with Crippen molar-refractivity contribution in [3.8, 4) is 0 Å². The summed E-state index contributed by atoms with van der Waals surface area (Å²) in [5.74, 6) is -3.71. The SMILES string of the molecule is CC(=O)O[C@@]1(NC(=O)OC(C)(C)C)CCCC(F)(F)C1. The van der Waals surface area contributed by atoms with Crippen LogP contribution in [-0.2, 0) is 14.3 Å². The molecule has 1 aliphatic carbocycles. The fourth-order valence-corrected chi connectivity index (χ4v) is 2.21. The number of hydrogen-bond donors (Lipinski definition) is 1. The molecule has 1 amide bonds. The first-order valence-corrected chi connectivity index (χ1v) is 6.52. The lowest BCUT2D eigenvalue weighted by atomic mass is 9.88. The summed E-state index contributed by atoms with van der Waals surface area (Å²) in [4.78, 5) is 22.9. The Morgan fingerprint density at radius 1 is 1.20 bits per heavy atom. The summed E-state index contributed by atoms with van der Waals surface area (Å²) in [7, 11) is 0. The van der Waals surface area contributed by atoms with E-state index in [4.69, 9.17) is 9.47 Å². The van der Waals surface area contributed by atoms with Gasteiger partial charge in [0.05, 0.1) is 6.42 Å². The third kappa shape index (κ3) is 5.30.